The molecule has 0 radical (unpaired) electrons. The van der Waals surface area contributed by atoms with E-state index in [-0.39, 0.29) is 0 Å². The van der Waals surface area contributed by atoms with Crippen LogP contribution in [0.3, 0.4) is 0 Å². The first kappa shape index (κ1) is 11.9. The SMILES string of the molecule is COc1ccc(NS(=O)(=O)Cl)cc1OC. The summed E-state index contributed by atoms with van der Waals surface area (Å²) in [7, 11) is 4.17. The highest BCUT2D eigenvalue weighted by Gasteiger charge is 2.08. The normalized spacial score (nSPS) is 10.9. The lowest BCUT2D eigenvalue weighted by Gasteiger charge is -2.09. The van der Waals surface area contributed by atoms with Gasteiger partial charge in [-0.2, -0.15) is 8.42 Å². The molecule has 0 aliphatic rings. The van der Waals surface area contributed by atoms with E-state index in [1.54, 1.807) is 6.07 Å². The second-order valence-electron chi connectivity index (χ2n) is 2.61. The van der Waals surface area contributed by atoms with Crippen LogP contribution < -0.4 is 14.2 Å². The summed E-state index contributed by atoms with van der Waals surface area (Å²) < 4.78 is 33.6. The zero-order valence-corrected chi connectivity index (χ0v) is 9.72. The van der Waals surface area contributed by atoms with Crippen LogP contribution in [0.15, 0.2) is 18.2 Å². The summed E-state index contributed by atoms with van der Waals surface area (Å²) in [6, 6.07) is 4.56. The second-order valence-corrected chi connectivity index (χ2v) is 4.91. The molecular formula is C8H10ClNO4S. The van der Waals surface area contributed by atoms with Crippen molar-refractivity contribution in [3.8, 4) is 11.5 Å². The number of methoxy groups -OCH3 is 2. The molecule has 5 nitrogen and oxygen atoms in total. The van der Waals surface area contributed by atoms with Gasteiger partial charge in [0, 0.05) is 16.7 Å². The van der Waals surface area contributed by atoms with Crippen LogP contribution in [0, 0.1) is 0 Å². The quantitative estimate of drug-likeness (QED) is 0.826. The van der Waals surface area contributed by atoms with Crippen molar-refractivity contribution in [1.82, 2.24) is 0 Å². The minimum atomic E-state index is -3.80. The van der Waals surface area contributed by atoms with E-state index in [1.807, 2.05) is 0 Å². The summed E-state index contributed by atoms with van der Waals surface area (Å²) in [5.41, 5.74) is 0.308. The number of anilines is 1. The van der Waals surface area contributed by atoms with Crippen LogP contribution in [-0.4, -0.2) is 22.6 Å². The van der Waals surface area contributed by atoms with Crippen LogP contribution in [-0.2, 0) is 9.24 Å². The highest BCUT2D eigenvalue weighted by Crippen LogP contribution is 2.30. The van der Waals surface area contributed by atoms with Crippen LogP contribution in [0.5, 0.6) is 11.5 Å². The molecule has 0 heterocycles. The van der Waals surface area contributed by atoms with Crippen LogP contribution >= 0.6 is 10.7 Å². The third-order valence-electron chi connectivity index (χ3n) is 1.62. The Morgan fingerprint density at radius 3 is 2.27 bits per heavy atom. The van der Waals surface area contributed by atoms with E-state index < -0.39 is 9.24 Å². The van der Waals surface area contributed by atoms with E-state index in [4.69, 9.17) is 20.2 Å². The van der Waals surface area contributed by atoms with Gasteiger partial charge in [0.2, 0.25) is 0 Å². The molecule has 0 amide bonds. The van der Waals surface area contributed by atoms with Gasteiger partial charge in [0.25, 0.3) is 0 Å². The Hall–Kier alpha value is -1.14. The van der Waals surface area contributed by atoms with E-state index >= 15 is 0 Å². The molecule has 1 aromatic carbocycles. The molecule has 84 valence electrons. The number of benzene rings is 1. The van der Waals surface area contributed by atoms with E-state index in [0.29, 0.717) is 17.2 Å². The molecule has 0 aliphatic heterocycles. The molecule has 15 heavy (non-hydrogen) atoms. The van der Waals surface area contributed by atoms with Crippen molar-refractivity contribution >= 4 is 25.6 Å². The molecule has 0 atom stereocenters. The van der Waals surface area contributed by atoms with E-state index in [0.717, 1.165) is 0 Å². The predicted octanol–water partition coefficient (Wildman–Crippen LogP) is 1.60. The van der Waals surface area contributed by atoms with Gasteiger partial charge in [0.15, 0.2) is 11.5 Å². The number of ether oxygens (including phenoxy) is 2. The van der Waals surface area contributed by atoms with Gasteiger partial charge in [-0.25, -0.2) is 0 Å². The van der Waals surface area contributed by atoms with Crippen molar-refractivity contribution in [3.05, 3.63) is 18.2 Å². The molecule has 0 saturated heterocycles. The third-order valence-corrected chi connectivity index (χ3v) is 2.33. The summed E-state index contributed by atoms with van der Waals surface area (Å²) in [5.74, 6) is 0.929. The Morgan fingerprint density at radius 1 is 1.20 bits per heavy atom. The maximum Gasteiger partial charge on any atom is 0.319 e. The average Bonchev–Trinajstić information content (AvgIpc) is 2.15. The summed E-state index contributed by atoms with van der Waals surface area (Å²) in [4.78, 5) is 0. The van der Waals surface area contributed by atoms with Gasteiger partial charge in [0.1, 0.15) is 0 Å². The Balaban J connectivity index is 3.03. The van der Waals surface area contributed by atoms with Gasteiger partial charge in [-0.15, -0.1) is 0 Å². The minimum absolute atomic E-state index is 0.308. The molecule has 0 unspecified atom stereocenters. The first-order chi connectivity index (χ1) is 6.96. The second kappa shape index (κ2) is 4.59. The predicted molar refractivity (Wildman–Crippen MR) is 57.9 cm³/mol. The fourth-order valence-corrected chi connectivity index (χ4v) is 1.72. The Morgan fingerprint density at radius 2 is 1.80 bits per heavy atom. The smallest absolute Gasteiger partial charge is 0.319 e. The molecule has 0 aromatic heterocycles. The van der Waals surface area contributed by atoms with Crippen molar-refractivity contribution in [2.45, 2.75) is 0 Å². The summed E-state index contributed by atoms with van der Waals surface area (Å²) >= 11 is 0. The zero-order chi connectivity index (χ0) is 11.5. The fourth-order valence-electron chi connectivity index (χ4n) is 1.04. The average molecular weight is 252 g/mol. The molecule has 0 spiro atoms. The standard InChI is InChI=1S/C8H10ClNO4S/c1-13-7-4-3-6(5-8(7)14-2)10-15(9,11)12/h3-5,10H,1-2H3. The molecule has 1 rings (SSSR count). The van der Waals surface area contributed by atoms with E-state index in [1.165, 1.54) is 26.4 Å². The van der Waals surface area contributed by atoms with Crippen molar-refractivity contribution in [1.29, 1.82) is 0 Å². The van der Waals surface area contributed by atoms with Crippen LogP contribution in [0.25, 0.3) is 0 Å². The molecule has 1 aromatic rings. The van der Waals surface area contributed by atoms with Crippen molar-refractivity contribution in [3.63, 3.8) is 0 Å². The lowest BCUT2D eigenvalue weighted by atomic mass is 10.3. The molecule has 0 bridgehead atoms. The summed E-state index contributed by atoms with van der Waals surface area (Å²) in [5, 5.41) is 0. The van der Waals surface area contributed by atoms with Crippen molar-refractivity contribution in [2.75, 3.05) is 18.9 Å². The molecule has 0 saturated carbocycles. The first-order valence-electron chi connectivity index (χ1n) is 3.90. The number of hydrogen-bond acceptors (Lipinski definition) is 4. The number of halogens is 1. The number of rotatable bonds is 4. The zero-order valence-electron chi connectivity index (χ0n) is 8.15. The van der Waals surface area contributed by atoms with Gasteiger partial charge in [-0.3, -0.25) is 4.72 Å². The topological polar surface area (TPSA) is 64.6 Å². The fraction of sp³-hybridized carbons (Fsp3) is 0.250. The van der Waals surface area contributed by atoms with Crippen LogP contribution in [0.2, 0.25) is 0 Å². The maximum absolute atomic E-state index is 10.7. The number of nitrogens with one attached hydrogen (secondary N) is 1. The monoisotopic (exact) mass is 251 g/mol. The Bertz CT molecular complexity index is 446. The largest absolute Gasteiger partial charge is 0.493 e. The number of hydrogen-bond donors (Lipinski definition) is 1. The third kappa shape index (κ3) is 3.49. The van der Waals surface area contributed by atoms with Crippen molar-refractivity contribution in [2.24, 2.45) is 0 Å². The lowest BCUT2D eigenvalue weighted by molar-refractivity contribution is 0.355. The van der Waals surface area contributed by atoms with Crippen LogP contribution in [0.4, 0.5) is 5.69 Å². The van der Waals surface area contributed by atoms with E-state index in [2.05, 4.69) is 4.72 Å². The minimum Gasteiger partial charge on any atom is -0.493 e. The first-order valence-corrected chi connectivity index (χ1v) is 6.21. The molecule has 0 fully saturated rings. The van der Waals surface area contributed by atoms with Gasteiger partial charge in [-0.1, -0.05) is 0 Å². The van der Waals surface area contributed by atoms with Crippen molar-refractivity contribution < 1.29 is 17.9 Å². The van der Waals surface area contributed by atoms with Crippen LogP contribution in [0.1, 0.15) is 0 Å². The molecule has 0 aliphatic carbocycles. The van der Waals surface area contributed by atoms with Gasteiger partial charge < -0.3 is 9.47 Å². The molecule has 7 heteroatoms. The maximum atomic E-state index is 10.7. The van der Waals surface area contributed by atoms with E-state index in [9.17, 15) is 8.42 Å². The molecule has 1 N–H and O–H groups in total. The van der Waals surface area contributed by atoms with Gasteiger partial charge >= 0.3 is 9.24 Å². The summed E-state index contributed by atoms with van der Waals surface area (Å²) in [6.45, 7) is 0. The Labute approximate surface area is 92.5 Å². The van der Waals surface area contributed by atoms with Gasteiger partial charge in [0.05, 0.1) is 19.9 Å². The highest BCUT2D eigenvalue weighted by atomic mass is 35.7. The highest BCUT2D eigenvalue weighted by molar-refractivity contribution is 8.14. The summed E-state index contributed by atoms with van der Waals surface area (Å²) in [6.07, 6.45) is 0. The lowest BCUT2D eigenvalue weighted by Crippen LogP contribution is -2.04. The molecular weight excluding hydrogens is 242 g/mol. The Kier molecular flexibility index (Phi) is 3.65. The van der Waals surface area contributed by atoms with Gasteiger partial charge in [-0.05, 0) is 12.1 Å².